The molecule has 0 saturated heterocycles. The van der Waals surface area contributed by atoms with E-state index in [2.05, 4.69) is 22.4 Å². The second-order valence-corrected chi connectivity index (χ2v) is 8.86. The van der Waals surface area contributed by atoms with Gasteiger partial charge in [-0.25, -0.2) is 0 Å². The molecule has 0 spiro atoms. The highest BCUT2D eigenvalue weighted by Gasteiger charge is 2.17. The maximum atomic E-state index is 12.6. The molecule has 180 valence electrons. The van der Waals surface area contributed by atoms with Crippen LogP contribution in [0.4, 0.5) is 5.69 Å². The zero-order valence-corrected chi connectivity index (χ0v) is 20.8. The van der Waals surface area contributed by atoms with Gasteiger partial charge in [-0.2, -0.15) is 0 Å². The van der Waals surface area contributed by atoms with Gasteiger partial charge in [0.05, 0.1) is 12.9 Å². The molecule has 4 aromatic rings. The lowest BCUT2D eigenvalue weighted by atomic mass is 10.1. The molecule has 0 aliphatic heterocycles. The smallest absolute Gasteiger partial charge is 0.234 e. The molecular formula is C27H28N4O3S. The third-order valence-electron chi connectivity index (χ3n) is 5.40. The van der Waals surface area contributed by atoms with Crippen LogP contribution in [0.25, 0.3) is 5.69 Å². The summed E-state index contributed by atoms with van der Waals surface area (Å²) in [5.41, 5.74) is 4.02. The number of aryl methyl sites for hydroxylation is 2. The summed E-state index contributed by atoms with van der Waals surface area (Å²) in [6, 6.07) is 23.3. The van der Waals surface area contributed by atoms with Crippen molar-refractivity contribution in [2.24, 2.45) is 0 Å². The van der Waals surface area contributed by atoms with E-state index in [1.165, 1.54) is 17.3 Å². The lowest BCUT2D eigenvalue weighted by molar-refractivity contribution is -0.113. The first-order chi connectivity index (χ1) is 17.1. The molecule has 0 atom stereocenters. The van der Waals surface area contributed by atoms with Crippen molar-refractivity contribution in [1.82, 2.24) is 14.8 Å². The summed E-state index contributed by atoms with van der Waals surface area (Å²) in [5.74, 6) is 2.22. The second-order valence-electron chi connectivity index (χ2n) is 7.92. The average molecular weight is 489 g/mol. The number of ether oxygens (including phenoxy) is 2. The molecule has 35 heavy (non-hydrogen) atoms. The van der Waals surface area contributed by atoms with E-state index in [0.29, 0.717) is 11.0 Å². The molecule has 1 aromatic heterocycles. The van der Waals surface area contributed by atoms with E-state index >= 15 is 0 Å². The molecule has 0 fully saturated rings. The van der Waals surface area contributed by atoms with E-state index in [1.54, 1.807) is 7.11 Å². The molecule has 1 amide bonds. The van der Waals surface area contributed by atoms with E-state index in [1.807, 2.05) is 84.3 Å². The number of methoxy groups -OCH3 is 1. The van der Waals surface area contributed by atoms with Gasteiger partial charge >= 0.3 is 0 Å². The number of carbonyl (C=O) groups excluding carboxylic acids is 1. The van der Waals surface area contributed by atoms with Crippen LogP contribution < -0.4 is 14.8 Å². The Morgan fingerprint density at radius 3 is 2.29 bits per heavy atom. The number of nitrogens with one attached hydrogen (secondary N) is 1. The van der Waals surface area contributed by atoms with Gasteiger partial charge in [0.1, 0.15) is 18.1 Å². The van der Waals surface area contributed by atoms with E-state index < -0.39 is 0 Å². The predicted octanol–water partition coefficient (Wildman–Crippen LogP) is 5.46. The van der Waals surface area contributed by atoms with Crippen LogP contribution in [-0.2, 0) is 17.8 Å². The third-order valence-corrected chi connectivity index (χ3v) is 6.33. The number of rotatable bonds is 10. The summed E-state index contributed by atoms with van der Waals surface area (Å²) in [6.45, 7) is 4.37. The number of anilines is 1. The predicted molar refractivity (Wildman–Crippen MR) is 139 cm³/mol. The largest absolute Gasteiger partial charge is 0.497 e. The molecule has 3 aromatic carbocycles. The van der Waals surface area contributed by atoms with Gasteiger partial charge in [0.2, 0.25) is 5.91 Å². The molecule has 0 saturated carbocycles. The van der Waals surface area contributed by atoms with Crippen LogP contribution in [0.5, 0.6) is 11.5 Å². The van der Waals surface area contributed by atoms with Gasteiger partial charge in [-0.3, -0.25) is 9.36 Å². The highest BCUT2D eigenvalue weighted by Crippen LogP contribution is 2.25. The molecule has 8 heteroatoms. The lowest BCUT2D eigenvalue weighted by Gasteiger charge is -2.12. The van der Waals surface area contributed by atoms with Crippen molar-refractivity contribution in [1.29, 1.82) is 0 Å². The molecule has 0 aliphatic rings. The molecule has 0 radical (unpaired) electrons. The standard InChI is InChI=1S/C27H28N4O3S/c1-4-20-7-9-21(10-8-20)28-26(32)18-35-27-30-29-25(17-34-24-13-5-19(2)6-14-24)31(27)22-11-15-23(33-3)16-12-22/h5-16H,4,17-18H2,1-3H3,(H,28,32). The lowest BCUT2D eigenvalue weighted by Crippen LogP contribution is -2.14. The van der Waals surface area contributed by atoms with Crippen LogP contribution in [0.2, 0.25) is 0 Å². The highest BCUT2D eigenvalue weighted by molar-refractivity contribution is 7.99. The number of hydrogen-bond donors (Lipinski definition) is 1. The first kappa shape index (κ1) is 24.3. The van der Waals surface area contributed by atoms with Crippen molar-refractivity contribution in [3.8, 4) is 17.2 Å². The van der Waals surface area contributed by atoms with Crippen molar-refractivity contribution < 1.29 is 14.3 Å². The van der Waals surface area contributed by atoms with E-state index in [4.69, 9.17) is 9.47 Å². The number of hydrogen-bond acceptors (Lipinski definition) is 6. The fourth-order valence-electron chi connectivity index (χ4n) is 3.41. The average Bonchev–Trinajstić information content (AvgIpc) is 3.30. The minimum absolute atomic E-state index is 0.110. The maximum Gasteiger partial charge on any atom is 0.234 e. The molecule has 1 heterocycles. The van der Waals surface area contributed by atoms with Gasteiger partial charge in [-0.15, -0.1) is 10.2 Å². The number of aromatic nitrogens is 3. The van der Waals surface area contributed by atoms with Crippen molar-refractivity contribution in [2.75, 3.05) is 18.2 Å². The van der Waals surface area contributed by atoms with Crippen LogP contribution in [0.3, 0.4) is 0 Å². The van der Waals surface area contributed by atoms with Gasteiger partial charge < -0.3 is 14.8 Å². The molecular weight excluding hydrogens is 460 g/mol. The third kappa shape index (κ3) is 6.42. The van der Waals surface area contributed by atoms with Crippen LogP contribution in [-0.4, -0.2) is 33.5 Å². The summed E-state index contributed by atoms with van der Waals surface area (Å²) >= 11 is 1.32. The zero-order valence-electron chi connectivity index (χ0n) is 20.0. The number of nitrogens with zero attached hydrogens (tertiary/aromatic N) is 3. The Bertz CT molecular complexity index is 1250. The molecule has 1 N–H and O–H groups in total. The number of amides is 1. The fourth-order valence-corrected chi connectivity index (χ4v) is 4.18. The molecule has 4 rings (SSSR count). The van der Waals surface area contributed by atoms with Crippen molar-refractivity contribution in [2.45, 2.75) is 32.0 Å². The summed E-state index contributed by atoms with van der Waals surface area (Å²) in [6.07, 6.45) is 0.959. The maximum absolute atomic E-state index is 12.6. The Kier molecular flexibility index (Phi) is 8.05. The Morgan fingerprint density at radius 1 is 0.943 bits per heavy atom. The first-order valence-electron chi connectivity index (χ1n) is 11.4. The summed E-state index contributed by atoms with van der Waals surface area (Å²) in [7, 11) is 1.63. The fraction of sp³-hybridized carbons (Fsp3) is 0.222. The summed E-state index contributed by atoms with van der Waals surface area (Å²) < 4.78 is 13.1. The minimum Gasteiger partial charge on any atom is -0.497 e. The van der Waals surface area contributed by atoms with Crippen molar-refractivity contribution >= 4 is 23.4 Å². The Hall–Kier alpha value is -3.78. The van der Waals surface area contributed by atoms with E-state index in [0.717, 1.165) is 34.9 Å². The number of carbonyl (C=O) groups is 1. The first-order valence-corrected chi connectivity index (χ1v) is 12.3. The van der Waals surface area contributed by atoms with Gasteiger partial charge in [0, 0.05) is 11.4 Å². The molecule has 0 aliphatic carbocycles. The SMILES string of the molecule is CCc1ccc(NC(=O)CSc2nnc(COc3ccc(C)cc3)n2-c2ccc(OC)cc2)cc1. The highest BCUT2D eigenvalue weighted by atomic mass is 32.2. The van der Waals surface area contributed by atoms with Crippen molar-refractivity contribution in [3.05, 3.63) is 89.7 Å². The van der Waals surface area contributed by atoms with Gasteiger partial charge in [0.15, 0.2) is 11.0 Å². The summed E-state index contributed by atoms with van der Waals surface area (Å²) in [5, 5.41) is 12.2. The second kappa shape index (κ2) is 11.6. The van der Waals surface area contributed by atoms with Crippen LogP contribution in [0, 0.1) is 6.92 Å². The van der Waals surface area contributed by atoms with E-state index in [9.17, 15) is 4.79 Å². The van der Waals surface area contributed by atoms with E-state index in [-0.39, 0.29) is 18.3 Å². The quantitative estimate of drug-likeness (QED) is 0.299. The number of benzene rings is 3. The monoisotopic (exact) mass is 488 g/mol. The van der Waals surface area contributed by atoms with Gasteiger partial charge in [0.25, 0.3) is 0 Å². The molecule has 7 nitrogen and oxygen atoms in total. The zero-order chi connectivity index (χ0) is 24.6. The van der Waals surface area contributed by atoms with Crippen molar-refractivity contribution in [3.63, 3.8) is 0 Å². The topological polar surface area (TPSA) is 78.3 Å². The van der Waals surface area contributed by atoms with Gasteiger partial charge in [-0.1, -0.05) is 48.5 Å². The Morgan fingerprint density at radius 2 is 1.63 bits per heavy atom. The van der Waals surface area contributed by atoms with Gasteiger partial charge in [-0.05, 0) is 67.4 Å². The van der Waals surface area contributed by atoms with Crippen LogP contribution in [0.1, 0.15) is 23.9 Å². The van der Waals surface area contributed by atoms with Crippen LogP contribution in [0.15, 0.2) is 78.0 Å². The normalized spacial score (nSPS) is 10.7. The molecule has 0 bridgehead atoms. The minimum atomic E-state index is -0.110. The Balaban J connectivity index is 1.49. The van der Waals surface area contributed by atoms with Crippen LogP contribution >= 0.6 is 11.8 Å². The number of thioether (sulfide) groups is 1. The molecule has 0 unspecified atom stereocenters. The summed E-state index contributed by atoms with van der Waals surface area (Å²) in [4.78, 5) is 12.6. The Labute approximate surface area is 209 Å².